The maximum atomic E-state index is 12.7. The van der Waals surface area contributed by atoms with Gasteiger partial charge in [0.2, 0.25) is 0 Å². The highest BCUT2D eigenvalue weighted by molar-refractivity contribution is 6.00. The lowest BCUT2D eigenvalue weighted by molar-refractivity contribution is -0.166. The predicted molar refractivity (Wildman–Crippen MR) is 90.2 cm³/mol. The molecule has 0 aromatic heterocycles. The van der Waals surface area contributed by atoms with Crippen molar-refractivity contribution in [2.45, 2.75) is 52.2 Å². The topological polar surface area (TPSA) is 66.8 Å². The number of hydrogen-bond acceptors (Lipinski definition) is 5. The smallest absolute Gasteiger partial charge is 0.310 e. The van der Waals surface area contributed by atoms with Crippen LogP contribution in [0.1, 0.15) is 40.5 Å². The Morgan fingerprint density at radius 2 is 1.96 bits per heavy atom. The number of ketones is 1. The van der Waals surface area contributed by atoms with Crippen LogP contribution in [0.2, 0.25) is 0 Å². The van der Waals surface area contributed by atoms with E-state index in [4.69, 9.17) is 4.74 Å². The molecule has 2 aliphatic carbocycles. The van der Waals surface area contributed by atoms with E-state index in [1.807, 2.05) is 6.92 Å². The number of nitrogens with zero attached hydrogens (tertiary/aromatic N) is 1. The Bertz CT molecular complexity index is 570. The second kappa shape index (κ2) is 5.95. The molecule has 1 N–H and O–H groups in total. The summed E-state index contributed by atoms with van der Waals surface area (Å²) in [5.41, 5.74) is -2.30. The highest BCUT2D eigenvalue weighted by Crippen LogP contribution is 2.56. The minimum absolute atomic E-state index is 0.0107. The number of hydrogen-bond donors (Lipinski definition) is 1. The van der Waals surface area contributed by atoms with E-state index in [1.54, 1.807) is 13.0 Å². The molecule has 5 nitrogen and oxygen atoms in total. The normalized spacial score (nSPS) is 44.4. The van der Waals surface area contributed by atoms with Crippen molar-refractivity contribution in [1.29, 1.82) is 0 Å². The van der Waals surface area contributed by atoms with E-state index in [0.717, 1.165) is 25.9 Å². The van der Waals surface area contributed by atoms with Crippen LogP contribution >= 0.6 is 0 Å². The van der Waals surface area contributed by atoms with Crippen molar-refractivity contribution in [3.63, 3.8) is 0 Å². The molecule has 0 radical (unpaired) electrons. The van der Waals surface area contributed by atoms with Gasteiger partial charge in [0.1, 0.15) is 11.7 Å². The van der Waals surface area contributed by atoms with Gasteiger partial charge in [-0.3, -0.25) is 9.59 Å². The van der Waals surface area contributed by atoms with Crippen LogP contribution in [-0.4, -0.2) is 53.1 Å². The molecule has 1 heterocycles. The molecular formula is C19H29NO4. The Hall–Kier alpha value is -1.20. The summed E-state index contributed by atoms with van der Waals surface area (Å²) in [7, 11) is 0. The summed E-state index contributed by atoms with van der Waals surface area (Å²) < 4.78 is 5.76. The first kappa shape index (κ1) is 17.6. The number of carbonyl (C=O) groups is 2. The van der Waals surface area contributed by atoms with Crippen LogP contribution < -0.4 is 0 Å². The fraction of sp³-hybridized carbons (Fsp3) is 0.789. The molecule has 0 aromatic rings. The van der Waals surface area contributed by atoms with E-state index in [9.17, 15) is 14.7 Å². The predicted octanol–water partition coefficient (Wildman–Crippen LogP) is 1.79. The summed E-state index contributed by atoms with van der Waals surface area (Å²) >= 11 is 0. The first-order valence-corrected chi connectivity index (χ1v) is 9.18. The third-order valence-corrected chi connectivity index (χ3v) is 6.89. The molecular weight excluding hydrogens is 306 g/mol. The van der Waals surface area contributed by atoms with Crippen molar-refractivity contribution in [2.75, 3.05) is 19.6 Å². The lowest BCUT2D eigenvalue weighted by Crippen LogP contribution is -2.56. The number of rotatable bonds is 4. The first-order valence-electron chi connectivity index (χ1n) is 9.18. The maximum Gasteiger partial charge on any atom is 0.310 e. The highest BCUT2D eigenvalue weighted by atomic mass is 16.6. The monoisotopic (exact) mass is 335 g/mol. The van der Waals surface area contributed by atoms with Gasteiger partial charge in [-0.25, -0.2) is 0 Å². The quantitative estimate of drug-likeness (QED) is 0.794. The van der Waals surface area contributed by atoms with Crippen LogP contribution in [0.4, 0.5) is 0 Å². The van der Waals surface area contributed by atoms with Gasteiger partial charge >= 0.3 is 5.97 Å². The minimum atomic E-state index is -1.23. The summed E-state index contributed by atoms with van der Waals surface area (Å²) in [6.45, 7) is 10.4. The fourth-order valence-corrected chi connectivity index (χ4v) is 5.01. The highest BCUT2D eigenvalue weighted by Gasteiger charge is 2.67. The molecule has 5 heteroatoms. The average Bonchev–Trinajstić information content (AvgIpc) is 2.98. The molecule has 0 amide bonds. The summed E-state index contributed by atoms with van der Waals surface area (Å²) in [6.07, 6.45) is 4.17. The van der Waals surface area contributed by atoms with Crippen LogP contribution in [0.15, 0.2) is 12.2 Å². The lowest BCUT2D eigenvalue weighted by atomic mass is 9.64. The molecule has 1 saturated heterocycles. The second-order valence-corrected chi connectivity index (χ2v) is 7.82. The summed E-state index contributed by atoms with van der Waals surface area (Å²) in [5.74, 6) is -0.596. The summed E-state index contributed by atoms with van der Waals surface area (Å²) in [5, 5.41) is 11.3. The second-order valence-electron chi connectivity index (χ2n) is 7.82. The Labute approximate surface area is 144 Å². The van der Waals surface area contributed by atoms with Gasteiger partial charge in [0.25, 0.3) is 0 Å². The van der Waals surface area contributed by atoms with Crippen molar-refractivity contribution in [1.82, 2.24) is 4.90 Å². The van der Waals surface area contributed by atoms with Crippen molar-refractivity contribution in [3.8, 4) is 0 Å². The van der Waals surface area contributed by atoms with E-state index in [-0.39, 0.29) is 29.5 Å². The van der Waals surface area contributed by atoms with Crippen molar-refractivity contribution in [3.05, 3.63) is 12.2 Å². The van der Waals surface area contributed by atoms with Crippen LogP contribution in [0.5, 0.6) is 0 Å². The molecule has 134 valence electrons. The summed E-state index contributed by atoms with van der Waals surface area (Å²) in [4.78, 5) is 27.5. The molecule has 24 heavy (non-hydrogen) atoms. The van der Waals surface area contributed by atoms with E-state index in [0.29, 0.717) is 6.54 Å². The van der Waals surface area contributed by atoms with Gasteiger partial charge in [-0.05, 0) is 50.9 Å². The van der Waals surface area contributed by atoms with Crippen LogP contribution in [0, 0.1) is 23.2 Å². The summed E-state index contributed by atoms with van der Waals surface area (Å²) in [6, 6.07) is 0. The number of carbonyl (C=O) groups excluding carboxylic acids is 2. The zero-order chi connectivity index (χ0) is 17.7. The zero-order valence-corrected chi connectivity index (χ0v) is 15.1. The number of esters is 1. The SMILES string of the molecule is CCN(CC)CC1C(=O)O[C@@H]2[C@H]1CC[C@H](C)[C@]1(O)C=CC(=O)[C@@]21C. The van der Waals surface area contributed by atoms with Gasteiger partial charge in [0.05, 0.1) is 11.3 Å². The number of ether oxygens (including phenoxy) is 1. The fourth-order valence-electron chi connectivity index (χ4n) is 5.01. The van der Waals surface area contributed by atoms with Gasteiger partial charge in [-0.1, -0.05) is 20.8 Å². The molecule has 0 aromatic carbocycles. The Kier molecular flexibility index (Phi) is 4.37. The molecule has 6 atom stereocenters. The third-order valence-electron chi connectivity index (χ3n) is 6.89. The van der Waals surface area contributed by atoms with Gasteiger partial charge < -0.3 is 14.7 Å². The first-order chi connectivity index (χ1) is 11.3. The molecule has 2 fully saturated rings. The number of fused-ring (bicyclic) bond motifs is 3. The van der Waals surface area contributed by atoms with Crippen LogP contribution in [0.3, 0.4) is 0 Å². The molecule has 1 unspecified atom stereocenters. The van der Waals surface area contributed by atoms with E-state index >= 15 is 0 Å². The van der Waals surface area contributed by atoms with Crippen LogP contribution in [-0.2, 0) is 14.3 Å². The minimum Gasteiger partial charge on any atom is -0.461 e. The van der Waals surface area contributed by atoms with E-state index in [2.05, 4.69) is 18.7 Å². The molecule has 3 rings (SSSR count). The molecule has 1 aliphatic heterocycles. The van der Waals surface area contributed by atoms with E-state index in [1.165, 1.54) is 6.08 Å². The van der Waals surface area contributed by atoms with Crippen molar-refractivity contribution in [2.24, 2.45) is 23.2 Å². The van der Waals surface area contributed by atoms with E-state index < -0.39 is 17.1 Å². The van der Waals surface area contributed by atoms with Crippen LogP contribution in [0.25, 0.3) is 0 Å². The molecule has 1 saturated carbocycles. The average molecular weight is 335 g/mol. The number of allylic oxidation sites excluding steroid dienone is 1. The Balaban J connectivity index is 1.96. The van der Waals surface area contributed by atoms with Gasteiger partial charge in [-0.15, -0.1) is 0 Å². The standard InChI is InChI=1S/C19H29NO4/c1-5-20(6-2)11-14-13-8-7-12(3)19(23)10-9-15(21)18(19,4)16(13)24-17(14)22/h9-10,12-14,16,23H,5-8,11H2,1-4H3/t12-,13-,14?,16+,18-,19+/m0/s1. The van der Waals surface area contributed by atoms with Crippen molar-refractivity contribution >= 4 is 11.8 Å². The maximum absolute atomic E-state index is 12.7. The lowest BCUT2D eigenvalue weighted by Gasteiger charge is -2.43. The largest absolute Gasteiger partial charge is 0.461 e. The van der Waals surface area contributed by atoms with Gasteiger partial charge in [0, 0.05) is 12.5 Å². The Morgan fingerprint density at radius 3 is 2.58 bits per heavy atom. The number of aliphatic hydroxyl groups is 1. The third kappa shape index (κ3) is 2.21. The van der Waals surface area contributed by atoms with Gasteiger partial charge in [0.15, 0.2) is 5.78 Å². The van der Waals surface area contributed by atoms with Crippen molar-refractivity contribution < 1.29 is 19.4 Å². The molecule has 0 spiro atoms. The molecule has 0 bridgehead atoms. The van der Waals surface area contributed by atoms with Gasteiger partial charge in [-0.2, -0.15) is 0 Å². The zero-order valence-electron chi connectivity index (χ0n) is 15.1. The molecule has 3 aliphatic rings. The Morgan fingerprint density at radius 1 is 1.29 bits per heavy atom.